The quantitative estimate of drug-likeness (QED) is 0.466. The van der Waals surface area contributed by atoms with Crippen LogP contribution in [-0.4, -0.2) is 63.1 Å². The van der Waals surface area contributed by atoms with Crippen LogP contribution in [-0.2, 0) is 40.0 Å². The lowest BCUT2D eigenvalue weighted by Gasteiger charge is -2.29. The number of rotatable bonds is 8. The summed E-state index contributed by atoms with van der Waals surface area (Å²) in [5.41, 5.74) is 5.55. The van der Waals surface area contributed by atoms with Crippen molar-refractivity contribution in [3.05, 3.63) is 66.2 Å². The Balaban J connectivity index is 2.09. The van der Waals surface area contributed by atoms with Crippen molar-refractivity contribution >= 4 is 37.5 Å². The number of sulfonamides is 1. The first kappa shape index (κ1) is 23.6. The van der Waals surface area contributed by atoms with Gasteiger partial charge in [0, 0.05) is 6.54 Å². The predicted molar refractivity (Wildman–Crippen MR) is 114 cm³/mol. The van der Waals surface area contributed by atoms with Gasteiger partial charge < -0.3 is 11.1 Å². The first-order chi connectivity index (χ1) is 15.1. The summed E-state index contributed by atoms with van der Waals surface area (Å²) < 4.78 is 52.8. The summed E-state index contributed by atoms with van der Waals surface area (Å²) in [5.74, 6) is -4.47. The molecule has 1 aliphatic heterocycles. The largest absolute Gasteiger partial charge is 0.368 e. The van der Waals surface area contributed by atoms with Gasteiger partial charge in [0.2, 0.25) is 11.2 Å². The molecule has 2 amide bonds. The van der Waals surface area contributed by atoms with Crippen LogP contribution in [0.25, 0.3) is 0 Å². The van der Waals surface area contributed by atoms with E-state index < -0.39 is 54.5 Å². The number of carbonyl (C=O) groups is 3. The lowest BCUT2D eigenvalue weighted by molar-refractivity contribution is -0.135. The zero-order chi connectivity index (χ0) is 23.5. The normalized spacial score (nSPS) is 17.6. The minimum Gasteiger partial charge on any atom is -0.368 e. The maximum absolute atomic E-state index is 13.4. The molecule has 1 fully saturated rings. The van der Waals surface area contributed by atoms with Crippen LogP contribution in [0.1, 0.15) is 5.56 Å². The van der Waals surface area contributed by atoms with Gasteiger partial charge in [-0.2, -0.15) is 0 Å². The molecule has 3 rings (SSSR count). The highest BCUT2D eigenvalue weighted by Gasteiger charge is 2.49. The summed E-state index contributed by atoms with van der Waals surface area (Å²) in [7, 11) is -9.25. The van der Waals surface area contributed by atoms with E-state index in [1.165, 1.54) is 36.4 Å². The number of hydrogen-bond acceptors (Lipinski definition) is 8. The molecule has 32 heavy (non-hydrogen) atoms. The second-order valence-electron chi connectivity index (χ2n) is 7.14. The summed E-state index contributed by atoms with van der Waals surface area (Å²) in [4.78, 5) is 37.5. The molecule has 2 aromatic rings. The average molecular weight is 480 g/mol. The maximum atomic E-state index is 13.4. The second kappa shape index (κ2) is 9.18. The van der Waals surface area contributed by atoms with Crippen molar-refractivity contribution in [2.45, 2.75) is 21.9 Å². The van der Waals surface area contributed by atoms with Crippen LogP contribution >= 0.6 is 0 Å². The van der Waals surface area contributed by atoms with Gasteiger partial charge in [0.1, 0.15) is 6.04 Å². The average Bonchev–Trinajstić information content (AvgIpc) is 3.13. The SMILES string of the molecule is NC(=O)C(C(=O)N(C1CNCC1=O)S(=O)(=O)c1ccccc1)S(=O)(=O)Cc1ccccc1. The van der Waals surface area contributed by atoms with Crippen molar-refractivity contribution in [3.8, 4) is 0 Å². The fraction of sp³-hybridized carbons (Fsp3) is 0.250. The highest BCUT2D eigenvalue weighted by molar-refractivity contribution is 7.93. The number of benzene rings is 2. The van der Waals surface area contributed by atoms with Crippen LogP contribution in [0, 0.1) is 0 Å². The Kier molecular flexibility index (Phi) is 6.77. The summed E-state index contributed by atoms with van der Waals surface area (Å²) >= 11 is 0. The molecule has 2 unspecified atom stereocenters. The third-order valence-corrected chi connectivity index (χ3v) is 8.57. The summed E-state index contributed by atoms with van der Waals surface area (Å²) in [5, 5.41) is 0.163. The maximum Gasteiger partial charge on any atom is 0.267 e. The lowest BCUT2D eigenvalue weighted by atomic mass is 10.2. The van der Waals surface area contributed by atoms with E-state index in [4.69, 9.17) is 5.73 Å². The Morgan fingerprint density at radius 3 is 2.06 bits per heavy atom. The van der Waals surface area contributed by atoms with Crippen LogP contribution in [0.15, 0.2) is 65.6 Å². The first-order valence-corrected chi connectivity index (χ1v) is 12.6. The number of sulfone groups is 1. The second-order valence-corrected chi connectivity index (χ2v) is 11.0. The van der Waals surface area contributed by atoms with Crippen molar-refractivity contribution in [1.82, 2.24) is 9.62 Å². The Morgan fingerprint density at radius 1 is 1.00 bits per heavy atom. The Hall–Kier alpha value is -3.09. The molecule has 12 heteroatoms. The van der Waals surface area contributed by atoms with Gasteiger partial charge in [-0.25, -0.2) is 21.1 Å². The molecule has 2 atom stereocenters. The van der Waals surface area contributed by atoms with Gasteiger partial charge in [0.25, 0.3) is 15.9 Å². The van der Waals surface area contributed by atoms with Crippen LogP contribution in [0.2, 0.25) is 0 Å². The zero-order valence-electron chi connectivity index (χ0n) is 16.7. The molecule has 1 heterocycles. The van der Waals surface area contributed by atoms with E-state index in [0.717, 1.165) is 0 Å². The Bertz CT molecular complexity index is 1230. The number of amides is 2. The van der Waals surface area contributed by atoms with Crippen molar-refractivity contribution in [2.24, 2.45) is 5.73 Å². The van der Waals surface area contributed by atoms with E-state index >= 15 is 0 Å². The molecule has 0 radical (unpaired) electrons. The number of carbonyl (C=O) groups excluding carboxylic acids is 3. The van der Waals surface area contributed by atoms with Crippen molar-refractivity contribution in [1.29, 1.82) is 0 Å². The fourth-order valence-electron chi connectivity index (χ4n) is 3.38. The van der Waals surface area contributed by atoms with Crippen molar-refractivity contribution in [2.75, 3.05) is 13.1 Å². The summed E-state index contributed by atoms with van der Waals surface area (Å²) in [6.07, 6.45) is 0. The molecule has 10 nitrogen and oxygen atoms in total. The third kappa shape index (κ3) is 4.71. The summed E-state index contributed by atoms with van der Waals surface area (Å²) in [6.45, 7) is -0.433. The molecule has 1 aliphatic rings. The Morgan fingerprint density at radius 2 is 1.56 bits per heavy atom. The monoisotopic (exact) mass is 479 g/mol. The van der Waals surface area contributed by atoms with E-state index in [0.29, 0.717) is 0 Å². The smallest absolute Gasteiger partial charge is 0.267 e. The van der Waals surface area contributed by atoms with E-state index in [1.807, 2.05) is 0 Å². The molecule has 0 saturated carbocycles. The van der Waals surface area contributed by atoms with Crippen LogP contribution in [0.5, 0.6) is 0 Å². The first-order valence-electron chi connectivity index (χ1n) is 9.47. The minimum absolute atomic E-state index is 0.183. The molecule has 0 bridgehead atoms. The van der Waals surface area contributed by atoms with E-state index in [9.17, 15) is 31.2 Å². The van der Waals surface area contributed by atoms with Crippen molar-refractivity contribution in [3.63, 3.8) is 0 Å². The molecule has 1 saturated heterocycles. The van der Waals surface area contributed by atoms with Crippen molar-refractivity contribution < 1.29 is 31.2 Å². The van der Waals surface area contributed by atoms with Gasteiger partial charge in [-0.3, -0.25) is 14.4 Å². The highest BCUT2D eigenvalue weighted by atomic mass is 32.2. The van der Waals surface area contributed by atoms with Crippen LogP contribution in [0.4, 0.5) is 0 Å². The number of primary amides is 1. The predicted octanol–water partition coefficient (Wildman–Crippen LogP) is -0.786. The third-order valence-electron chi connectivity index (χ3n) is 4.86. The van der Waals surface area contributed by atoms with Gasteiger partial charge in [-0.15, -0.1) is 0 Å². The molecular weight excluding hydrogens is 458 g/mol. The summed E-state index contributed by atoms with van der Waals surface area (Å²) in [6, 6.07) is 13.0. The van der Waals surface area contributed by atoms with Crippen LogP contribution < -0.4 is 11.1 Å². The van der Waals surface area contributed by atoms with E-state index in [2.05, 4.69) is 5.32 Å². The highest BCUT2D eigenvalue weighted by Crippen LogP contribution is 2.24. The zero-order valence-corrected chi connectivity index (χ0v) is 18.4. The Labute approximate surface area is 185 Å². The number of nitrogens with zero attached hydrogens (tertiary/aromatic N) is 1. The van der Waals surface area contributed by atoms with E-state index in [1.54, 1.807) is 24.3 Å². The molecule has 0 spiro atoms. The number of ketones is 1. The molecule has 3 N–H and O–H groups in total. The molecule has 0 aromatic heterocycles. The number of nitrogens with two attached hydrogens (primary N) is 1. The fourth-order valence-corrected chi connectivity index (χ4v) is 6.64. The van der Waals surface area contributed by atoms with Gasteiger partial charge in [0.15, 0.2) is 15.6 Å². The topological polar surface area (TPSA) is 161 Å². The van der Waals surface area contributed by atoms with Gasteiger partial charge >= 0.3 is 0 Å². The molecule has 170 valence electrons. The number of nitrogens with one attached hydrogen (secondary N) is 1. The number of Topliss-reactive ketones (excluding diaryl/α,β-unsaturated/α-hetero) is 1. The lowest BCUT2D eigenvalue weighted by Crippen LogP contribution is -2.57. The molecular formula is C20H21N3O7S2. The molecule has 2 aromatic carbocycles. The minimum atomic E-state index is -4.68. The van der Waals surface area contributed by atoms with Crippen LogP contribution in [0.3, 0.4) is 0 Å². The van der Waals surface area contributed by atoms with Gasteiger partial charge in [0.05, 0.1) is 17.2 Å². The van der Waals surface area contributed by atoms with Gasteiger partial charge in [-0.1, -0.05) is 48.5 Å². The molecule has 0 aliphatic carbocycles. The standard InChI is InChI=1S/C20H21N3O7S2/c21-19(25)18(31(27,28)13-14-7-3-1-4-8-14)20(26)23(16-11-22-12-17(16)24)32(29,30)15-9-5-2-6-10-15/h1-10,16,18,22H,11-13H2,(H2,21,25). The number of hydrogen-bond donors (Lipinski definition) is 2. The van der Waals surface area contributed by atoms with E-state index in [-0.39, 0.29) is 27.9 Å². The van der Waals surface area contributed by atoms with Gasteiger partial charge in [-0.05, 0) is 17.7 Å².